The Kier molecular flexibility index (Phi) is 9.60. The Labute approximate surface area is 232 Å². The maximum absolute atomic E-state index is 12.7. The fraction of sp³-hybridized carbons (Fsp3) is 0.677. The van der Waals surface area contributed by atoms with Crippen LogP contribution in [0.15, 0.2) is 27.4 Å². The van der Waals surface area contributed by atoms with Gasteiger partial charge in [-0.05, 0) is 89.4 Å². The Morgan fingerprint density at radius 2 is 1.90 bits per heavy atom. The second-order valence-electron chi connectivity index (χ2n) is 12.2. The van der Waals surface area contributed by atoms with Gasteiger partial charge in [-0.1, -0.05) is 26.2 Å². The number of hydrogen-bond donors (Lipinski definition) is 3. The molecule has 2 aliphatic rings. The van der Waals surface area contributed by atoms with Crippen molar-refractivity contribution in [3.8, 4) is 11.5 Å². The quantitative estimate of drug-likeness (QED) is 0.341. The van der Waals surface area contributed by atoms with Gasteiger partial charge in [-0.15, -0.1) is 0 Å². The van der Waals surface area contributed by atoms with Crippen LogP contribution in [-0.2, 0) is 0 Å². The molecule has 1 saturated heterocycles. The van der Waals surface area contributed by atoms with Crippen LogP contribution in [0.4, 0.5) is 0 Å². The number of phenols is 1. The second-order valence-corrected chi connectivity index (χ2v) is 12.2. The number of phenolic OH excluding ortho intramolecular Hbond substituents is 1. The van der Waals surface area contributed by atoms with Crippen LogP contribution in [0.25, 0.3) is 11.0 Å². The highest BCUT2D eigenvalue weighted by Gasteiger charge is 2.42. The van der Waals surface area contributed by atoms with E-state index in [1.54, 1.807) is 0 Å². The molecule has 4 rings (SSSR count). The van der Waals surface area contributed by atoms with Gasteiger partial charge in [0.1, 0.15) is 5.58 Å². The number of carbonyl (C=O) groups excluding carboxylic acids is 1. The highest BCUT2D eigenvalue weighted by Crippen LogP contribution is 2.45. The van der Waals surface area contributed by atoms with Gasteiger partial charge in [-0.25, -0.2) is 0 Å². The first-order valence-electron chi connectivity index (χ1n) is 14.8. The number of piperidine rings is 1. The van der Waals surface area contributed by atoms with Gasteiger partial charge in [0.2, 0.25) is 0 Å². The Morgan fingerprint density at radius 1 is 1.18 bits per heavy atom. The number of fused-ring (bicyclic) bond motifs is 1. The molecular formula is C31H47N3O5. The Hall–Kier alpha value is -2.58. The van der Waals surface area contributed by atoms with Crippen molar-refractivity contribution in [1.29, 1.82) is 0 Å². The molecule has 1 aliphatic heterocycles. The summed E-state index contributed by atoms with van der Waals surface area (Å²) in [4.78, 5) is 27.7. The zero-order chi connectivity index (χ0) is 28.0. The third kappa shape index (κ3) is 7.14. The maximum Gasteiger partial charge on any atom is 0.287 e. The van der Waals surface area contributed by atoms with E-state index < -0.39 is 5.91 Å². The number of rotatable bonds is 11. The SMILES string of the molecule is CCC(C)(C)NCC1(C2CCCCC2)CCN(CCCNC(=O)c2cc(=O)c3cc(O)c(OC)cc3o2)CC1. The van der Waals surface area contributed by atoms with E-state index in [9.17, 15) is 14.7 Å². The van der Waals surface area contributed by atoms with E-state index in [-0.39, 0.29) is 39.2 Å². The molecular weight excluding hydrogens is 494 g/mol. The third-order valence-corrected chi connectivity index (χ3v) is 9.32. The molecule has 1 aromatic carbocycles. The van der Waals surface area contributed by atoms with Crippen LogP contribution < -0.4 is 20.8 Å². The monoisotopic (exact) mass is 541 g/mol. The number of ether oxygens (including phenoxy) is 1. The molecule has 3 N–H and O–H groups in total. The minimum atomic E-state index is -0.416. The fourth-order valence-electron chi connectivity index (χ4n) is 6.25. The fourth-order valence-corrected chi connectivity index (χ4v) is 6.25. The number of likely N-dealkylation sites (tertiary alicyclic amines) is 1. The lowest BCUT2D eigenvalue weighted by atomic mass is 9.63. The number of nitrogens with one attached hydrogen (secondary N) is 2. The summed E-state index contributed by atoms with van der Waals surface area (Å²) in [5, 5.41) is 16.9. The molecule has 1 aromatic heterocycles. The van der Waals surface area contributed by atoms with Crippen molar-refractivity contribution in [3.63, 3.8) is 0 Å². The minimum absolute atomic E-state index is 0.0435. The number of amides is 1. The molecule has 1 saturated carbocycles. The largest absolute Gasteiger partial charge is 0.504 e. The maximum atomic E-state index is 12.7. The van der Waals surface area contributed by atoms with Gasteiger partial charge in [0.25, 0.3) is 5.91 Å². The molecule has 0 bridgehead atoms. The molecule has 0 atom stereocenters. The summed E-state index contributed by atoms with van der Waals surface area (Å²) in [6.45, 7) is 11.7. The number of methoxy groups -OCH3 is 1. The molecule has 8 nitrogen and oxygen atoms in total. The average Bonchev–Trinajstić information content (AvgIpc) is 2.95. The van der Waals surface area contributed by atoms with Crippen LogP contribution in [0.1, 0.15) is 89.1 Å². The highest BCUT2D eigenvalue weighted by molar-refractivity contribution is 5.93. The highest BCUT2D eigenvalue weighted by atomic mass is 16.5. The van der Waals surface area contributed by atoms with Crippen molar-refractivity contribution in [2.45, 2.75) is 84.1 Å². The summed E-state index contributed by atoms with van der Waals surface area (Å²) in [7, 11) is 1.41. The molecule has 216 valence electrons. The lowest BCUT2D eigenvalue weighted by Crippen LogP contribution is -2.53. The number of hydrogen-bond acceptors (Lipinski definition) is 7. The van der Waals surface area contributed by atoms with Gasteiger partial charge in [0.15, 0.2) is 22.7 Å². The van der Waals surface area contributed by atoms with Crippen LogP contribution >= 0.6 is 0 Å². The summed E-state index contributed by atoms with van der Waals surface area (Å²) in [6.07, 6.45) is 11.3. The Balaban J connectivity index is 1.28. The zero-order valence-electron chi connectivity index (χ0n) is 24.2. The smallest absolute Gasteiger partial charge is 0.287 e. The molecule has 0 spiro atoms. The van der Waals surface area contributed by atoms with Gasteiger partial charge in [0, 0.05) is 30.8 Å². The predicted molar refractivity (Wildman–Crippen MR) is 155 cm³/mol. The van der Waals surface area contributed by atoms with E-state index in [1.165, 1.54) is 70.3 Å². The summed E-state index contributed by atoms with van der Waals surface area (Å²) < 4.78 is 10.8. The van der Waals surface area contributed by atoms with Crippen molar-refractivity contribution in [2.75, 3.05) is 39.8 Å². The summed E-state index contributed by atoms with van der Waals surface area (Å²) >= 11 is 0. The van der Waals surface area contributed by atoms with Gasteiger partial charge in [-0.2, -0.15) is 0 Å². The molecule has 2 fully saturated rings. The van der Waals surface area contributed by atoms with Gasteiger partial charge in [-0.3, -0.25) is 9.59 Å². The van der Waals surface area contributed by atoms with Crippen molar-refractivity contribution in [2.24, 2.45) is 11.3 Å². The normalized spacial score (nSPS) is 18.8. The lowest BCUT2D eigenvalue weighted by Gasteiger charge is -2.49. The molecule has 1 aliphatic carbocycles. The zero-order valence-corrected chi connectivity index (χ0v) is 24.2. The van der Waals surface area contributed by atoms with Crippen LogP contribution in [0.5, 0.6) is 11.5 Å². The van der Waals surface area contributed by atoms with Crippen LogP contribution in [-0.4, -0.2) is 61.3 Å². The second kappa shape index (κ2) is 12.7. The molecule has 2 aromatic rings. The average molecular weight is 542 g/mol. The van der Waals surface area contributed by atoms with E-state index in [0.717, 1.165) is 44.9 Å². The molecule has 8 heteroatoms. The van der Waals surface area contributed by atoms with E-state index in [0.29, 0.717) is 12.0 Å². The van der Waals surface area contributed by atoms with Crippen molar-refractivity contribution in [1.82, 2.24) is 15.5 Å². The van der Waals surface area contributed by atoms with Gasteiger partial charge < -0.3 is 29.8 Å². The minimum Gasteiger partial charge on any atom is -0.504 e. The van der Waals surface area contributed by atoms with Crippen molar-refractivity contribution >= 4 is 16.9 Å². The number of carbonyl (C=O) groups is 1. The van der Waals surface area contributed by atoms with E-state index in [1.807, 2.05) is 0 Å². The molecule has 0 radical (unpaired) electrons. The molecule has 1 amide bonds. The van der Waals surface area contributed by atoms with Crippen LogP contribution in [0.2, 0.25) is 0 Å². The van der Waals surface area contributed by atoms with E-state index >= 15 is 0 Å². The Bertz CT molecular complexity index is 1180. The predicted octanol–water partition coefficient (Wildman–Crippen LogP) is 5.07. The first-order valence-corrected chi connectivity index (χ1v) is 14.8. The van der Waals surface area contributed by atoms with Gasteiger partial charge in [0.05, 0.1) is 12.5 Å². The lowest BCUT2D eigenvalue weighted by molar-refractivity contribution is 0.0232. The van der Waals surface area contributed by atoms with Gasteiger partial charge >= 0.3 is 0 Å². The first kappa shape index (κ1) is 29.4. The number of aromatic hydroxyl groups is 1. The molecule has 2 heterocycles. The molecule has 39 heavy (non-hydrogen) atoms. The number of benzene rings is 1. The summed E-state index contributed by atoms with van der Waals surface area (Å²) in [5.74, 6) is 0.401. The van der Waals surface area contributed by atoms with Crippen molar-refractivity contribution < 1.29 is 19.1 Å². The Morgan fingerprint density at radius 3 is 2.56 bits per heavy atom. The van der Waals surface area contributed by atoms with E-state index in [2.05, 4.69) is 36.3 Å². The summed E-state index contributed by atoms with van der Waals surface area (Å²) in [6, 6.07) is 3.89. The third-order valence-electron chi connectivity index (χ3n) is 9.32. The topological polar surface area (TPSA) is 104 Å². The standard InChI is InChI=1S/C31H47N3O5/c1-5-30(2,3)33-21-31(22-10-7-6-8-11-22)12-16-34(17-13-31)15-9-14-32-29(37)28-19-24(35)23-18-25(36)27(38-4)20-26(23)39-28/h18-20,22,33,36H,5-17,21H2,1-4H3,(H,32,37). The van der Waals surface area contributed by atoms with Crippen molar-refractivity contribution in [3.05, 3.63) is 34.2 Å². The van der Waals surface area contributed by atoms with Crippen LogP contribution in [0.3, 0.4) is 0 Å². The molecule has 0 unspecified atom stereocenters. The number of nitrogens with zero attached hydrogens (tertiary/aromatic N) is 1. The van der Waals surface area contributed by atoms with E-state index in [4.69, 9.17) is 9.15 Å². The first-order chi connectivity index (χ1) is 18.7. The van der Waals surface area contributed by atoms with Crippen LogP contribution in [0, 0.1) is 11.3 Å². The summed E-state index contributed by atoms with van der Waals surface area (Å²) in [5.41, 5.74) is 0.388.